The molecule has 9 heteroatoms. The highest BCUT2D eigenvalue weighted by atomic mass is 32.1. The number of urea groups is 1. The van der Waals surface area contributed by atoms with Crippen molar-refractivity contribution in [1.29, 1.82) is 0 Å². The first-order valence-electron chi connectivity index (χ1n) is 7.54. The number of nitro benzene ring substituents is 1. The van der Waals surface area contributed by atoms with Crippen molar-refractivity contribution < 1.29 is 14.5 Å². The molecule has 1 aromatic heterocycles. The highest BCUT2D eigenvalue weighted by Gasteiger charge is 2.11. The number of rotatable bonds is 7. The maximum absolute atomic E-state index is 11.8. The van der Waals surface area contributed by atoms with E-state index in [0.29, 0.717) is 18.7 Å². The fraction of sp³-hybridized carbons (Fsp3) is 0.250. The maximum Gasteiger partial charge on any atom is 0.321 e. The summed E-state index contributed by atoms with van der Waals surface area (Å²) >= 11 is 1.60. The Labute approximate surface area is 148 Å². The van der Waals surface area contributed by atoms with Gasteiger partial charge in [-0.15, -0.1) is 11.3 Å². The minimum absolute atomic E-state index is 0.0696. The van der Waals surface area contributed by atoms with Gasteiger partial charge < -0.3 is 10.6 Å². The summed E-state index contributed by atoms with van der Waals surface area (Å²) in [6, 6.07) is 7.67. The second kappa shape index (κ2) is 8.78. The third kappa shape index (κ3) is 5.88. The summed E-state index contributed by atoms with van der Waals surface area (Å²) in [6.07, 6.45) is 0.699. The van der Waals surface area contributed by atoms with E-state index >= 15 is 0 Å². The normalized spacial score (nSPS) is 10.1. The van der Waals surface area contributed by atoms with Crippen LogP contribution in [0.5, 0.6) is 0 Å². The van der Waals surface area contributed by atoms with E-state index in [-0.39, 0.29) is 12.2 Å². The van der Waals surface area contributed by atoms with Crippen LogP contribution in [0.3, 0.4) is 0 Å². The molecule has 0 bridgehead atoms. The summed E-state index contributed by atoms with van der Waals surface area (Å²) in [5.74, 6) is -0.528. The Morgan fingerprint density at radius 1 is 1.28 bits per heavy atom. The summed E-state index contributed by atoms with van der Waals surface area (Å²) in [7, 11) is 0. The summed E-state index contributed by atoms with van der Waals surface area (Å²) in [4.78, 5) is 34.8. The maximum atomic E-state index is 11.8. The Kier molecular flexibility index (Phi) is 6.47. The Balaban J connectivity index is 1.75. The summed E-state index contributed by atoms with van der Waals surface area (Å²) in [5.41, 5.74) is 1.17. The lowest BCUT2D eigenvalue weighted by molar-refractivity contribution is -0.384. The van der Waals surface area contributed by atoms with Crippen molar-refractivity contribution in [3.05, 3.63) is 56.3 Å². The molecule has 0 atom stereocenters. The predicted octanol–water partition coefficient (Wildman–Crippen LogP) is 2.45. The van der Waals surface area contributed by atoms with Crippen LogP contribution in [-0.2, 0) is 11.2 Å². The molecule has 132 valence electrons. The zero-order valence-electron chi connectivity index (χ0n) is 13.6. The number of carbonyl (C=O) groups excluding carboxylic acids is 2. The second-order valence-electron chi connectivity index (χ2n) is 5.24. The number of aryl methyl sites for hydroxylation is 1. The highest BCUT2D eigenvalue weighted by molar-refractivity contribution is 7.09. The summed E-state index contributed by atoms with van der Waals surface area (Å²) in [5, 5.41) is 20.3. The van der Waals surface area contributed by atoms with Gasteiger partial charge in [0.05, 0.1) is 11.5 Å². The molecule has 0 aliphatic rings. The molecule has 3 N–H and O–H groups in total. The highest BCUT2D eigenvalue weighted by Crippen LogP contribution is 2.21. The summed E-state index contributed by atoms with van der Waals surface area (Å²) < 4.78 is 0. The van der Waals surface area contributed by atoms with Gasteiger partial charge in [-0.3, -0.25) is 20.2 Å². The van der Waals surface area contributed by atoms with Gasteiger partial charge in [0.1, 0.15) is 0 Å². The van der Waals surface area contributed by atoms with Gasteiger partial charge in [-0.2, -0.15) is 0 Å². The number of nitro groups is 1. The quantitative estimate of drug-likeness (QED) is 0.517. The zero-order valence-corrected chi connectivity index (χ0v) is 14.4. The van der Waals surface area contributed by atoms with Crippen LogP contribution in [0.4, 0.5) is 16.2 Å². The van der Waals surface area contributed by atoms with Crippen molar-refractivity contribution >= 4 is 34.6 Å². The van der Waals surface area contributed by atoms with Crippen molar-refractivity contribution in [3.8, 4) is 0 Å². The standard InChI is InChI=1S/C16H18N4O4S/c1-11-4-5-12(20(23)24)9-14(11)18-10-15(21)19-16(22)17-7-6-13-3-2-8-25-13/h2-5,8-9,18H,6-7,10H2,1H3,(H2,17,19,21,22). The number of amides is 3. The van der Waals surface area contributed by atoms with Crippen LogP contribution in [-0.4, -0.2) is 30.0 Å². The van der Waals surface area contributed by atoms with Crippen molar-refractivity contribution in [2.75, 3.05) is 18.4 Å². The van der Waals surface area contributed by atoms with Crippen molar-refractivity contribution in [2.24, 2.45) is 0 Å². The molecular formula is C16H18N4O4S. The van der Waals surface area contributed by atoms with Gasteiger partial charge in [0.25, 0.3) is 5.69 Å². The SMILES string of the molecule is Cc1ccc([N+](=O)[O-])cc1NCC(=O)NC(=O)NCCc1cccs1. The van der Waals surface area contributed by atoms with E-state index in [9.17, 15) is 19.7 Å². The topological polar surface area (TPSA) is 113 Å². The van der Waals surface area contributed by atoms with Crippen LogP contribution < -0.4 is 16.0 Å². The number of nitrogens with one attached hydrogen (secondary N) is 3. The van der Waals surface area contributed by atoms with Gasteiger partial charge in [-0.1, -0.05) is 12.1 Å². The van der Waals surface area contributed by atoms with Gasteiger partial charge in [-0.05, 0) is 30.4 Å². The van der Waals surface area contributed by atoms with Crippen molar-refractivity contribution in [1.82, 2.24) is 10.6 Å². The van der Waals surface area contributed by atoms with Crippen molar-refractivity contribution in [2.45, 2.75) is 13.3 Å². The fourth-order valence-electron chi connectivity index (χ4n) is 2.06. The first-order valence-corrected chi connectivity index (χ1v) is 8.42. The van der Waals surface area contributed by atoms with E-state index in [1.54, 1.807) is 24.3 Å². The largest absolute Gasteiger partial charge is 0.376 e. The molecule has 0 aliphatic heterocycles. The number of carbonyl (C=O) groups is 2. The molecule has 25 heavy (non-hydrogen) atoms. The van der Waals surface area contributed by atoms with E-state index in [4.69, 9.17) is 0 Å². The number of imide groups is 1. The van der Waals surface area contributed by atoms with Gasteiger partial charge in [0.2, 0.25) is 5.91 Å². The van der Waals surface area contributed by atoms with Gasteiger partial charge in [0, 0.05) is 29.2 Å². The second-order valence-corrected chi connectivity index (χ2v) is 6.28. The van der Waals surface area contributed by atoms with Crippen molar-refractivity contribution in [3.63, 3.8) is 0 Å². The first-order chi connectivity index (χ1) is 12.0. The molecule has 1 heterocycles. The van der Waals surface area contributed by atoms with Crippen LogP contribution in [0.1, 0.15) is 10.4 Å². The molecule has 0 unspecified atom stereocenters. The molecule has 0 spiro atoms. The van der Waals surface area contributed by atoms with Crippen LogP contribution in [0, 0.1) is 17.0 Å². The lowest BCUT2D eigenvalue weighted by atomic mass is 10.2. The lowest BCUT2D eigenvalue weighted by Gasteiger charge is -2.10. The van der Waals surface area contributed by atoms with Crippen LogP contribution in [0.25, 0.3) is 0 Å². The molecule has 2 rings (SSSR count). The molecule has 0 saturated heterocycles. The average Bonchev–Trinajstić information content (AvgIpc) is 3.07. The number of benzene rings is 1. The molecule has 8 nitrogen and oxygen atoms in total. The monoisotopic (exact) mass is 362 g/mol. The molecule has 1 aromatic carbocycles. The molecule has 3 amide bonds. The Morgan fingerprint density at radius 3 is 2.76 bits per heavy atom. The van der Waals surface area contributed by atoms with E-state index < -0.39 is 16.9 Å². The van der Waals surface area contributed by atoms with E-state index in [0.717, 1.165) is 10.4 Å². The molecule has 0 aliphatic carbocycles. The zero-order chi connectivity index (χ0) is 18.2. The summed E-state index contributed by atoms with van der Waals surface area (Å²) in [6.45, 7) is 2.03. The minimum atomic E-state index is -0.570. The molecular weight excluding hydrogens is 344 g/mol. The molecule has 0 radical (unpaired) electrons. The third-order valence-corrected chi connectivity index (χ3v) is 4.30. The van der Waals surface area contributed by atoms with Crippen LogP contribution in [0.15, 0.2) is 35.7 Å². The third-order valence-electron chi connectivity index (χ3n) is 3.36. The number of hydrogen-bond donors (Lipinski definition) is 3. The average molecular weight is 362 g/mol. The number of hydrogen-bond acceptors (Lipinski definition) is 6. The smallest absolute Gasteiger partial charge is 0.321 e. The minimum Gasteiger partial charge on any atom is -0.376 e. The fourth-order valence-corrected chi connectivity index (χ4v) is 2.77. The van der Waals surface area contributed by atoms with E-state index in [1.807, 2.05) is 17.5 Å². The molecule has 0 saturated carbocycles. The Morgan fingerprint density at radius 2 is 2.08 bits per heavy atom. The van der Waals surface area contributed by atoms with Gasteiger partial charge >= 0.3 is 6.03 Å². The van der Waals surface area contributed by atoms with Crippen LogP contribution >= 0.6 is 11.3 Å². The van der Waals surface area contributed by atoms with Crippen LogP contribution in [0.2, 0.25) is 0 Å². The predicted molar refractivity (Wildman–Crippen MR) is 95.9 cm³/mol. The lowest BCUT2D eigenvalue weighted by Crippen LogP contribution is -2.42. The number of nitrogens with zero attached hydrogens (tertiary/aromatic N) is 1. The van der Waals surface area contributed by atoms with E-state index in [1.165, 1.54) is 12.1 Å². The van der Waals surface area contributed by atoms with E-state index in [2.05, 4.69) is 16.0 Å². The number of thiophene rings is 1. The molecule has 2 aromatic rings. The number of anilines is 1. The Hall–Kier alpha value is -2.94. The number of non-ortho nitro benzene ring substituents is 1. The Bertz CT molecular complexity index is 762. The van der Waals surface area contributed by atoms with Gasteiger partial charge in [0.15, 0.2) is 0 Å². The molecule has 0 fully saturated rings. The first kappa shape index (κ1) is 18.4. The van der Waals surface area contributed by atoms with Gasteiger partial charge in [-0.25, -0.2) is 4.79 Å².